The number of rotatable bonds is 4. The third kappa shape index (κ3) is 3.21. The van der Waals surface area contributed by atoms with Gasteiger partial charge in [0.2, 0.25) is 15.9 Å². The number of thiophene rings is 1. The molecule has 1 atom stereocenters. The fraction of sp³-hybridized carbons (Fsp3) is 0.615. The second kappa shape index (κ2) is 5.46. The van der Waals surface area contributed by atoms with Crippen molar-refractivity contribution in [1.82, 2.24) is 5.32 Å². The molecule has 1 saturated carbocycles. The maximum Gasteiger partial charge on any atom is 0.247 e. The Balaban J connectivity index is 2.07. The van der Waals surface area contributed by atoms with Crippen molar-refractivity contribution < 1.29 is 13.2 Å². The van der Waals surface area contributed by atoms with E-state index in [1.54, 1.807) is 6.07 Å². The van der Waals surface area contributed by atoms with Gasteiger partial charge in [0, 0.05) is 10.3 Å². The summed E-state index contributed by atoms with van der Waals surface area (Å²) < 4.78 is 22.6. The van der Waals surface area contributed by atoms with Gasteiger partial charge in [0.25, 0.3) is 0 Å². The third-order valence-corrected chi connectivity index (χ3v) is 6.62. The fourth-order valence-electron chi connectivity index (χ4n) is 2.54. The summed E-state index contributed by atoms with van der Waals surface area (Å²) in [5, 5.41) is 8.07. The summed E-state index contributed by atoms with van der Waals surface area (Å²) in [5.41, 5.74) is -0.283. The van der Waals surface area contributed by atoms with E-state index in [1.807, 2.05) is 13.8 Å². The predicted octanol–water partition coefficient (Wildman–Crippen LogP) is 2.15. The monoisotopic (exact) mass is 316 g/mol. The van der Waals surface area contributed by atoms with Crippen molar-refractivity contribution in [3.05, 3.63) is 17.0 Å². The molecule has 1 heterocycles. The Bertz CT molecular complexity index is 601. The van der Waals surface area contributed by atoms with Gasteiger partial charge < -0.3 is 5.32 Å². The minimum absolute atomic E-state index is 0.0491. The van der Waals surface area contributed by atoms with Gasteiger partial charge in [0.05, 0.1) is 6.04 Å². The first kappa shape index (κ1) is 15.5. The first-order valence-corrected chi connectivity index (χ1v) is 9.02. The third-order valence-electron chi connectivity index (χ3n) is 3.91. The van der Waals surface area contributed by atoms with E-state index in [0.29, 0.717) is 0 Å². The van der Waals surface area contributed by atoms with Crippen LogP contribution in [0.5, 0.6) is 0 Å². The number of carbonyl (C=O) groups excluding carboxylic acids is 1. The van der Waals surface area contributed by atoms with Crippen LogP contribution in [0, 0.1) is 5.41 Å². The molecule has 1 aromatic heterocycles. The number of amides is 1. The molecule has 5 nitrogen and oxygen atoms in total. The molecule has 20 heavy (non-hydrogen) atoms. The molecular weight excluding hydrogens is 296 g/mol. The van der Waals surface area contributed by atoms with Gasteiger partial charge in [-0.3, -0.25) is 4.79 Å². The summed E-state index contributed by atoms with van der Waals surface area (Å²) in [5.74, 6) is 0.0491. The highest BCUT2D eigenvalue weighted by Gasteiger charge is 2.36. The van der Waals surface area contributed by atoms with E-state index in [9.17, 15) is 13.2 Å². The van der Waals surface area contributed by atoms with Crippen LogP contribution in [0.3, 0.4) is 0 Å². The predicted molar refractivity (Wildman–Crippen MR) is 78.8 cm³/mol. The molecule has 3 N–H and O–H groups in total. The largest absolute Gasteiger partial charge is 0.348 e. The highest BCUT2D eigenvalue weighted by molar-refractivity contribution is 7.91. The number of nitrogens with one attached hydrogen (secondary N) is 1. The molecule has 0 aliphatic heterocycles. The number of sulfonamides is 1. The lowest BCUT2D eigenvalue weighted by Crippen LogP contribution is -2.38. The second-order valence-electron chi connectivity index (χ2n) is 5.66. The maximum atomic E-state index is 12.3. The molecule has 0 radical (unpaired) electrons. The van der Waals surface area contributed by atoms with E-state index in [4.69, 9.17) is 5.14 Å². The number of hydrogen-bond acceptors (Lipinski definition) is 4. The lowest BCUT2D eigenvalue weighted by atomic mass is 9.87. The van der Waals surface area contributed by atoms with Gasteiger partial charge in [-0.25, -0.2) is 13.6 Å². The summed E-state index contributed by atoms with van der Waals surface area (Å²) in [4.78, 5) is 13.1. The van der Waals surface area contributed by atoms with E-state index < -0.39 is 10.0 Å². The average molecular weight is 316 g/mol. The van der Waals surface area contributed by atoms with Crippen LogP contribution in [0.25, 0.3) is 0 Å². The van der Waals surface area contributed by atoms with Crippen molar-refractivity contribution in [3.63, 3.8) is 0 Å². The Morgan fingerprint density at radius 3 is 2.50 bits per heavy atom. The van der Waals surface area contributed by atoms with E-state index >= 15 is 0 Å². The van der Waals surface area contributed by atoms with Crippen molar-refractivity contribution in [1.29, 1.82) is 0 Å². The van der Waals surface area contributed by atoms with Crippen molar-refractivity contribution in [3.8, 4) is 0 Å². The van der Waals surface area contributed by atoms with Gasteiger partial charge in [-0.2, -0.15) is 0 Å². The smallest absolute Gasteiger partial charge is 0.247 e. The normalized spacial score (nSPS) is 19.8. The lowest BCUT2D eigenvalue weighted by molar-refractivity contribution is -0.130. The highest BCUT2D eigenvalue weighted by atomic mass is 32.2. The van der Waals surface area contributed by atoms with Crippen molar-refractivity contribution in [2.24, 2.45) is 10.6 Å². The molecule has 1 aromatic rings. The van der Waals surface area contributed by atoms with Gasteiger partial charge >= 0.3 is 0 Å². The van der Waals surface area contributed by atoms with E-state index in [0.717, 1.165) is 41.9 Å². The van der Waals surface area contributed by atoms with Crippen molar-refractivity contribution >= 4 is 27.3 Å². The van der Waals surface area contributed by atoms with Crippen LogP contribution in [-0.2, 0) is 14.8 Å². The minimum Gasteiger partial charge on any atom is -0.348 e. The minimum atomic E-state index is -3.67. The quantitative estimate of drug-likeness (QED) is 0.892. The topological polar surface area (TPSA) is 89.3 Å². The summed E-state index contributed by atoms with van der Waals surface area (Å²) in [6.45, 7) is 3.85. The Labute approximate surface area is 123 Å². The van der Waals surface area contributed by atoms with Crippen molar-refractivity contribution in [2.75, 3.05) is 0 Å². The molecule has 1 aliphatic carbocycles. The summed E-state index contributed by atoms with van der Waals surface area (Å²) in [6, 6.07) is 2.97. The molecule has 0 spiro atoms. The number of nitrogens with two attached hydrogens (primary N) is 1. The van der Waals surface area contributed by atoms with Gasteiger partial charge in [-0.15, -0.1) is 11.3 Å². The van der Waals surface area contributed by atoms with E-state index in [-0.39, 0.29) is 21.6 Å². The van der Waals surface area contributed by atoms with Crippen LogP contribution in [-0.4, -0.2) is 14.3 Å². The Morgan fingerprint density at radius 2 is 2.00 bits per heavy atom. The van der Waals surface area contributed by atoms with E-state index in [2.05, 4.69) is 5.32 Å². The Hall–Kier alpha value is -0.920. The second-order valence-corrected chi connectivity index (χ2v) is 8.57. The van der Waals surface area contributed by atoms with Gasteiger partial charge in [0.15, 0.2) is 0 Å². The number of primary sulfonamides is 1. The maximum absolute atomic E-state index is 12.3. The number of hydrogen-bond donors (Lipinski definition) is 2. The average Bonchev–Trinajstić information content (AvgIpc) is 2.96. The van der Waals surface area contributed by atoms with Crippen LogP contribution in [0.15, 0.2) is 16.3 Å². The number of carbonyl (C=O) groups is 1. The highest BCUT2D eigenvalue weighted by Crippen LogP contribution is 2.38. The molecule has 1 unspecified atom stereocenters. The first-order chi connectivity index (χ1) is 9.22. The molecule has 112 valence electrons. The Morgan fingerprint density at radius 1 is 1.40 bits per heavy atom. The molecule has 0 saturated heterocycles. The zero-order valence-corrected chi connectivity index (χ0v) is 13.3. The zero-order chi connectivity index (χ0) is 15.0. The van der Waals surface area contributed by atoms with Gasteiger partial charge in [-0.1, -0.05) is 19.8 Å². The van der Waals surface area contributed by atoms with Gasteiger partial charge in [0.1, 0.15) is 4.21 Å². The molecule has 1 fully saturated rings. The summed E-state index contributed by atoms with van der Waals surface area (Å²) in [6.07, 6.45) is 4.01. The summed E-state index contributed by atoms with van der Waals surface area (Å²) >= 11 is 1.10. The Kier molecular flexibility index (Phi) is 4.22. The van der Waals surface area contributed by atoms with Crippen LogP contribution in [0.1, 0.15) is 50.4 Å². The molecule has 0 aromatic carbocycles. The summed E-state index contributed by atoms with van der Waals surface area (Å²) in [7, 11) is -3.67. The van der Waals surface area contributed by atoms with Crippen LogP contribution in [0.2, 0.25) is 0 Å². The van der Waals surface area contributed by atoms with Gasteiger partial charge in [-0.05, 0) is 31.9 Å². The molecule has 1 amide bonds. The molecule has 7 heteroatoms. The zero-order valence-electron chi connectivity index (χ0n) is 11.7. The van der Waals surface area contributed by atoms with Crippen molar-refractivity contribution in [2.45, 2.75) is 49.8 Å². The van der Waals surface area contributed by atoms with Crippen LogP contribution >= 0.6 is 11.3 Å². The first-order valence-electron chi connectivity index (χ1n) is 6.66. The van der Waals surface area contributed by atoms with Crippen LogP contribution in [0.4, 0.5) is 0 Å². The van der Waals surface area contributed by atoms with E-state index in [1.165, 1.54) is 6.07 Å². The fourth-order valence-corrected chi connectivity index (χ4v) is 4.30. The lowest BCUT2D eigenvalue weighted by Gasteiger charge is -2.24. The standard InChI is InChI=1S/C13H20N2O3S2/c1-9(10-5-6-11(19-10)20(14,17)18)15-12(16)13(2)7-3-4-8-13/h5-6,9H,3-4,7-8H2,1-2H3,(H,15,16)(H2,14,17,18). The molecule has 0 bridgehead atoms. The SMILES string of the molecule is CC(NC(=O)C1(C)CCCC1)c1ccc(S(N)(=O)=O)s1. The molecular formula is C13H20N2O3S2. The molecule has 1 aliphatic rings. The van der Waals surface area contributed by atoms with Crippen LogP contribution < -0.4 is 10.5 Å². The molecule has 2 rings (SSSR count).